The first-order valence-corrected chi connectivity index (χ1v) is 6.48. The lowest BCUT2D eigenvalue weighted by molar-refractivity contribution is 0.0601. The van der Waals surface area contributed by atoms with Gasteiger partial charge in [-0.1, -0.05) is 12.1 Å². The highest BCUT2D eigenvalue weighted by molar-refractivity contribution is 5.93. The number of oxazole rings is 1. The van der Waals surface area contributed by atoms with E-state index in [1.165, 1.54) is 7.11 Å². The fourth-order valence-corrected chi connectivity index (χ4v) is 2.11. The van der Waals surface area contributed by atoms with Crippen LogP contribution in [0.15, 0.2) is 46.9 Å². The molecule has 2 aromatic carbocycles. The molecule has 0 radical (unpaired) electrons. The zero-order chi connectivity index (χ0) is 14.8. The summed E-state index contributed by atoms with van der Waals surface area (Å²) in [5.41, 5.74) is 9.18. The number of fused-ring (bicyclic) bond motifs is 1. The van der Waals surface area contributed by atoms with Crippen LogP contribution in [0.4, 0.5) is 5.69 Å². The van der Waals surface area contributed by atoms with E-state index in [2.05, 4.69) is 9.72 Å². The standard InChI is InChI=1S/C16H14N2O3/c1-20-16(19)11-4-7-14-13(9-11)18-15(21-14)8-10-2-5-12(17)6-3-10/h2-7,9H,8,17H2,1H3. The molecule has 0 saturated carbocycles. The number of rotatable bonds is 3. The van der Waals surface area contributed by atoms with Gasteiger partial charge in [0, 0.05) is 12.1 Å². The molecule has 0 fully saturated rings. The van der Waals surface area contributed by atoms with Crippen LogP contribution < -0.4 is 5.73 Å². The van der Waals surface area contributed by atoms with E-state index in [1.54, 1.807) is 18.2 Å². The molecule has 0 saturated heterocycles. The average molecular weight is 282 g/mol. The Morgan fingerprint density at radius 3 is 2.71 bits per heavy atom. The molecule has 2 N–H and O–H groups in total. The van der Waals surface area contributed by atoms with Gasteiger partial charge in [0.2, 0.25) is 0 Å². The third-order valence-electron chi connectivity index (χ3n) is 3.19. The van der Waals surface area contributed by atoms with Gasteiger partial charge in [-0.3, -0.25) is 0 Å². The average Bonchev–Trinajstić information content (AvgIpc) is 2.90. The highest BCUT2D eigenvalue weighted by Gasteiger charge is 2.11. The Balaban J connectivity index is 1.90. The number of nitrogens with two attached hydrogens (primary N) is 1. The lowest BCUT2D eigenvalue weighted by Gasteiger charge is -1.97. The topological polar surface area (TPSA) is 78.3 Å². The Bertz CT molecular complexity index is 791. The van der Waals surface area contributed by atoms with Gasteiger partial charge in [0.1, 0.15) is 5.52 Å². The maximum Gasteiger partial charge on any atom is 0.337 e. The van der Waals surface area contributed by atoms with Crippen molar-refractivity contribution in [3.8, 4) is 0 Å². The van der Waals surface area contributed by atoms with Crippen molar-refractivity contribution >= 4 is 22.8 Å². The fourth-order valence-electron chi connectivity index (χ4n) is 2.11. The van der Waals surface area contributed by atoms with E-state index in [0.29, 0.717) is 29.0 Å². The Morgan fingerprint density at radius 2 is 2.00 bits per heavy atom. The molecule has 5 nitrogen and oxygen atoms in total. The summed E-state index contributed by atoms with van der Waals surface area (Å²) in [6, 6.07) is 12.6. The van der Waals surface area contributed by atoms with Crippen LogP contribution in [0.25, 0.3) is 11.1 Å². The normalized spacial score (nSPS) is 10.7. The lowest BCUT2D eigenvalue weighted by Crippen LogP contribution is -2.00. The van der Waals surface area contributed by atoms with Crippen molar-refractivity contribution in [2.75, 3.05) is 12.8 Å². The van der Waals surface area contributed by atoms with Crippen LogP contribution in [0.3, 0.4) is 0 Å². The van der Waals surface area contributed by atoms with Crippen LogP contribution >= 0.6 is 0 Å². The lowest BCUT2D eigenvalue weighted by atomic mass is 10.1. The highest BCUT2D eigenvalue weighted by atomic mass is 16.5. The summed E-state index contributed by atoms with van der Waals surface area (Å²) in [5.74, 6) is 0.205. The number of nitrogen functional groups attached to an aromatic ring is 1. The van der Waals surface area contributed by atoms with Crippen molar-refractivity contribution in [1.82, 2.24) is 4.98 Å². The number of carbonyl (C=O) groups is 1. The number of methoxy groups -OCH3 is 1. The van der Waals surface area contributed by atoms with E-state index in [-0.39, 0.29) is 5.97 Å². The Morgan fingerprint density at radius 1 is 1.24 bits per heavy atom. The van der Waals surface area contributed by atoms with Gasteiger partial charge in [-0.15, -0.1) is 0 Å². The van der Waals surface area contributed by atoms with Gasteiger partial charge in [-0.25, -0.2) is 9.78 Å². The van der Waals surface area contributed by atoms with Crippen molar-refractivity contribution in [3.05, 3.63) is 59.5 Å². The van der Waals surface area contributed by atoms with E-state index >= 15 is 0 Å². The Labute approximate surface area is 121 Å². The molecule has 0 bridgehead atoms. The number of hydrogen-bond acceptors (Lipinski definition) is 5. The first-order chi connectivity index (χ1) is 10.2. The predicted molar refractivity (Wildman–Crippen MR) is 79.0 cm³/mol. The van der Waals surface area contributed by atoms with Crippen molar-refractivity contribution < 1.29 is 13.9 Å². The van der Waals surface area contributed by atoms with Gasteiger partial charge < -0.3 is 14.9 Å². The molecule has 106 valence electrons. The van der Waals surface area contributed by atoms with Gasteiger partial charge in [-0.05, 0) is 35.9 Å². The van der Waals surface area contributed by atoms with Crippen LogP contribution in [0.5, 0.6) is 0 Å². The second kappa shape index (κ2) is 5.28. The molecule has 0 unspecified atom stereocenters. The maximum atomic E-state index is 11.5. The van der Waals surface area contributed by atoms with Crippen molar-refractivity contribution in [1.29, 1.82) is 0 Å². The fraction of sp³-hybridized carbons (Fsp3) is 0.125. The number of carbonyl (C=O) groups excluding carboxylic acids is 1. The minimum Gasteiger partial charge on any atom is -0.465 e. The van der Waals surface area contributed by atoms with Crippen molar-refractivity contribution in [2.24, 2.45) is 0 Å². The van der Waals surface area contributed by atoms with Crippen molar-refractivity contribution in [3.63, 3.8) is 0 Å². The van der Waals surface area contributed by atoms with Gasteiger partial charge in [-0.2, -0.15) is 0 Å². The molecular weight excluding hydrogens is 268 g/mol. The van der Waals surface area contributed by atoms with E-state index in [9.17, 15) is 4.79 Å². The number of benzene rings is 2. The molecule has 3 rings (SSSR count). The minimum absolute atomic E-state index is 0.389. The summed E-state index contributed by atoms with van der Waals surface area (Å²) >= 11 is 0. The molecule has 21 heavy (non-hydrogen) atoms. The van der Waals surface area contributed by atoms with Crippen LogP contribution in [0.2, 0.25) is 0 Å². The predicted octanol–water partition coefficient (Wildman–Crippen LogP) is 2.79. The SMILES string of the molecule is COC(=O)c1ccc2oc(Cc3ccc(N)cc3)nc2c1. The second-order valence-electron chi connectivity index (χ2n) is 4.70. The third kappa shape index (κ3) is 2.72. The molecule has 3 aromatic rings. The molecule has 1 aromatic heterocycles. The number of esters is 1. The highest BCUT2D eigenvalue weighted by Crippen LogP contribution is 2.20. The number of ether oxygens (including phenoxy) is 1. The largest absolute Gasteiger partial charge is 0.465 e. The van der Waals surface area contributed by atoms with Crippen LogP contribution in [-0.4, -0.2) is 18.1 Å². The summed E-state index contributed by atoms with van der Waals surface area (Å²) in [4.78, 5) is 15.9. The molecule has 0 atom stereocenters. The monoisotopic (exact) mass is 282 g/mol. The second-order valence-corrected chi connectivity index (χ2v) is 4.70. The van der Waals surface area contributed by atoms with E-state index in [1.807, 2.05) is 24.3 Å². The molecule has 0 aliphatic rings. The van der Waals surface area contributed by atoms with Crippen LogP contribution in [0.1, 0.15) is 21.8 Å². The summed E-state index contributed by atoms with van der Waals surface area (Å²) in [7, 11) is 1.35. The maximum absolute atomic E-state index is 11.5. The summed E-state index contributed by atoms with van der Waals surface area (Å²) in [5, 5.41) is 0. The molecule has 0 aliphatic carbocycles. The molecule has 0 aliphatic heterocycles. The first kappa shape index (κ1) is 13.2. The van der Waals surface area contributed by atoms with Gasteiger partial charge in [0.25, 0.3) is 0 Å². The summed E-state index contributed by atoms with van der Waals surface area (Å²) in [6.45, 7) is 0. The Hall–Kier alpha value is -2.82. The summed E-state index contributed by atoms with van der Waals surface area (Å²) < 4.78 is 10.4. The Kier molecular flexibility index (Phi) is 3.31. The summed E-state index contributed by atoms with van der Waals surface area (Å²) in [6.07, 6.45) is 0.572. The molecule has 0 spiro atoms. The molecular formula is C16H14N2O3. The number of anilines is 1. The van der Waals surface area contributed by atoms with E-state index < -0.39 is 0 Å². The number of aromatic nitrogens is 1. The van der Waals surface area contributed by atoms with Crippen molar-refractivity contribution in [2.45, 2.75) is 6.42 Å². The molecule has 5 heteroatoms. The third-order valence-corrected chi connectivity index (χ3v) is 3.19. The van der Waals surface area contributed by atoms with Gasteiger partial charge >= 0.3 is 5.97 Å². The molecule has 0 amide bonds. The smallest absolute Gasteiger partial charge is 0.337 e. The van der Waals surface area contributed by atoms with Gasteiger partial charge in [0.15, 0.2) is 11.5 Å². The zero-order valence-corrected chi connectivity index (χ0v) is 11.5. The zero-order valence-electron chi connectivity index (χ0n) is 11.5. The number of hydrogen-bond donors (Lipinski definition) is 1. The van der Waals surface area contributed by atoms with E-state index in [0.717, 1.165) is 11.3 Å². The van der Waals surface area contributed by atoms with Crippen LogP contribution in [0, 0.1) is 0 Å². The van der Waals surface area contributed by atoms with E-state index in [4.69, 9.17) is 10.2 Å². The van der Waals surface area contributed by atoms with Crippen LogP contribution in [-0.2, 0) is 11.2 Å². The molecule has 1 heterocycles. The number of nitrogens with zero attached hydrogens (tertiary/aromatic N) is 1. The quantitative estimate of drug-likeness (QED) is 0.590. The first-order valence-electron chi connectivity index (χ1n) is 6.48. The minimum atomic E-state index is -0.389. The van der Waals surface area contributed by atoms with Gasteiger partial charge in [0.05, 0.1) is 12.7 Å².